The van der Waals surface area contributed by atoms with Gasteiger partial charge in [-0.25, -0.2) is 0 Å². The minimum atomic E-state index is -2.11. The summed E-state index contributed by atoms with van der Waals surface area (Å²) >= 11 is 0. The molecule has 3 nitrogen and oxygen atoms in total. The third-order valence-corrected chi connectivity index (χ3v) is 14.1. The van der Waals surface area contributed by atoms with E-state index in [1.54, 1.807) is 0 Å². The van der Waals surface area contributed by atoms with Crippen molar-refractivity contribution in [1.82, 2.24) is 0 Å². The van der Waals surface area contributed by atoms with E-state index in [-0.39, 0.29) is 0 Å². The highest BCUT2D eigenvalue weighted by molar-refractivity contribution is 6.83. The molecule has 0 spiro atoms. The zero-order chi connectivity index (χ0) is 14.4. The molecule has 0 rings (SSSR count). The van der Waals surface area contributed by atoms with Gasteiger partial charge < -0.3 is 14.6 Å². The highest BCUT2D eigenvalue weighted by Gasteiger charge is 2.49. The maximum atomic E-state index is 6.61. The molecular weight excluding hydrogens is 258 g/mol. The van der Waals surface area contributed by atoms with Crippen molar-refractivity contribution in [2.24, 2.45) is 5.73 Å². The highest BCUT2D eigenvalue weighted by Crippen LogP contribution is 2.34. The van der Waals surface area contributed by atoms with E-state index in [9.17, 15) is 0 Å². The number of hydrogen-bond acceptors (Lipinski definition) is 3. The summed E-state index contributed by atoms with van der Waals surface area (Å²) in [5, 5.41) is -0.475. The van der Waals surface area contributed by atoms with Crippen LogP contribution in [0.3, 0.4) is 0 Å². The molecule has 0 aromatic heterocycles. The summed E-state index contributed by atoms with van der Waals surface area (Å²) in [4.78, 5) is 0. The fourth-order valence-corrected chi connectivity index (χ4v) is 9.90. The molecule has 0 amide bonds. The topological polar surface area (TPSA) is 44.5 Å². The van der Waals surface area contributed by atoms with E-state index < -0.39 is 22.0 Å². The summed E-state index contributed by atoms with van der Waals surface area (Å²) in [7, 11) is -3.70. The molecule has 5 heteroatoms. The van der Waals surface area contributed by atoms with Gasteiger partial charge in [0.1, 0.15) is 8.07 Å². The van der Waals surface area contributed by atoms with Crippen LogP contribution in [0.4, 0.5) is 0 Å². The summed E-state index contributed by atoms with van der Waals surface area (Å²) in [6.45, 7) is 15.9. The van der Waals surface area contributed by atoms with Crippen LogP contribution in [0.15, 0.2) is 0 Å². The van der Waals surface area contributed by atoms with Gasteiger partial charge in [0, 0.05) is 6.61 Å². The Morgan fingerprint density at radius 1 is 0.944 bits per heavy atom. The lowest BCUT2D eigenvalue weighted by Crippen LogP contribution is -2.67. The van der Waals surface area contributed by atoms with E-state index in [0.29, 0.717) is 6.61 Å². The van der Waals surface area contributed by atoms with E-state index in [0.717, 1.165) is 6.04 Å². The predicted octanol–water partition coefficient (Wildman–Crippen LogP) is 3.85. The fraction of sp³-hybridized carbons (Fsp3) is 1.00. The van der Waals surface area contributed by atoms with E-state index >= 15 is 0 Å². The van der Waals surface area contributed by atoms with Crippen molar-refractivity contribution in [2.75, 3.05) is 6.61 Å². The van der Waals surface area contributed by atoms with Crippen LogP contribution < -0.4 is 5.73 Å². The minimum Gasteiger partial charge on any atom is -0.395 e. The van der Waals surface area contributed by atoms with Gasteiger partial charge in [-0.1, -0.05) is 45.8 Å². The van der Waals surface area contributed by atoms with Crippen molar-refractivity contribution in [1.29, 1.82) is 0 Å². The van der Waals surface area contributed by atoms with E-state index in [1.807, 2.05) is 6.92 Å². The zero-order valence-corrected chi connectivity index (χ0v) is 15.4. The summed E-state index contributed by atoms with van der Waals surface area (Å²) in [6.07, 6.45) is 0. The Labute approximate surface area is 116 Å². The fourth-order valence-electron chi connectivity index (χ4n) is 2.87. The molecule has 2 unspecified atom stereocenters. The number of hydrogen-bond donors (Lipinski definition) is 1. The molecule has 2 N–H and O–H groups in total. The third-order valence-electron chi connectivity index (χ3n) is 4.60. The lowest BCUT2D eigenvalue weighted by Gasteiger charge is -2.47. The maximum absolute atomic E-state index is 6.61. The summed E-state index contributed by atoms with van der Waals surface area (Å²) in [5.41, 5.74) is 6.61. The number of nitrogens with two attached hydrogens (primary N) is 1. The van der Waals surface area contributed by atoms with Crippen molar-refractivity contribution in [3.05, 3.63) is 0 Å². The first-order valence-corrected chi connectivity index (χ1v) is 12.5. The van der Waals surface area contributed by atoms with Crippen LogP contribution >= 0.6 is 0 Å². The van der Waals surface area contributed by atoms with Crippen molar-refractivity contribution in [3.8, 4) is 0 Å². The van der Waals surface area contributed by atoms with E-state index in [1.165, 1.54) is 18.1 Å². The molecule has 0 heterocycles. The first-order valence-electron chi connectivity index (χ1n) is 7.39. The van der Waals surface area contributed by atoms with Crippen molar-refractivity contribution >= 4 is 16.6 Å². The molecule has 0 radical (unpaired) electrons. The molecule has 0 fully saturated rings. The Morgan fingerprint density at radius 3 is 1.67 bits per heavy atom. The molecule has 0 aromatic carbocycles. The van der Waals surface area contributed by atoms with Crippen molar-refractivity contribution in [3.63, 3.8) is 0 Å². The second-order valence-electron chi connectivity index (χ2n) is 5.47. The quantitative estimate of drug-likeness (QED) is 0.518. The van der Waals surface area contributed by atoms with Crippen LogP contribution in [0, 0.1) is 0 Å². The standard InChI is InChI=1S/C13H33NO2Si2/c1-8-15-17(7,9-2)16-13(6,14)18(10-3,11-4)12-5/h8-12,14H2,1-7H3. The third kappa shape index (κ3) is 3.90. The summed E-state index contributed by atoms with van der Waals surface area (Å²) in [6, 6.07) is 4.48. The molecule has 0 aliphatic heterocycles. The molecule has 110 valence electrons. The van der Waals surface area contributed by atoms with Gasteiger partial charge in [0.2, 0.25) is 0 Å². The molecule has 0 aliphatic carbocycles. The first kappa shape index (κ1) is 18.3. The normalized spacial score (nSPS) is 19.3. The summed E-state index contributed by atoms with van der Waals surface area (Å²) < 4.78 is 12.3. The molecule has 0 saturated heterocycles. The van der Waals surface area contributed by atoms with Crippen LogP contribution in [0.5, 0.6) is 0 Å². The van der Waals surface area contributed by atoms with Gasteiger partial charge in [0.15, 0.2) is 0 Å². The van der Waals surface area contributed by atoms with Crippen molar-refractivity contribution < 1.29 is 8.85 Å². The average Bonchev–Trinajstić information content (AvgIpc) is 2.31. The van der Waals surface area contributed by atoms with Gasteiger partial charge in [0.05, 0.1) is 5.35 Å². The van der Waals surface area contributed by atoms with Gasteiger partial charge >= 0.3 is 8.56 Å². The second-order valence-corrected chi connectivity index (χ2v) is 14.6. The average molecular weight is 292 g/mol. The largest absolute Gasteiger partial charge is 0.395 e. The Hall–Kier alpha value is 0.314. The molecule has 0 bridgehead atoms. The lowest BCUT2D eigenvalue weighted by molar-refractivity contribution is 0.0960. The van der Waals surface area contributed by atoms with E-state index in [2.05, 4.69) is 41.2 Å². The van der Waals surface area contributed by atoms with Gasteiger partial charge in [-0.05, 0) is 26.4 Å². The van der Waals surface area contributed by atoms with Crippen LogP contribution in [-0.4, -0.2) is 28.6 Å². The molecule has 0 saturated carbocycles. The Kier molecular flexibility index (Phi) is 7.32. The number of rotatable bonds is 9. The van der Waals surface area contributed by atoms with Gasteiger partial charge in [-0.15, -0.1) is 0 Å². The smallest absolute Gasteiger partial charge is 0.335 e. The summed E-state index contributed by atoms with van der Waals surface area (Å²) in [5.74, 6) is 0. The lowest BCUT2D eigenvalue weighted by atomic mass is 10.7. The van der Waals surface area contributed by atoms with E-state index in [4.69, 9.17) is 14.6 Å². The monoisotopic (exact) mass is 291 g/mol. The molecule has 0 aromatic rings. The van der Waals surface area contributed by atoms with Gasteiger partial charge in [-0.3, -0.25) is 0 Å². The second kappa shape index (κ2) is 7.19. The molecule has 0 aliphatic rings. The minimum absolute atomic E-state index is 0.475. The Bertz CT molecular complexity index is 237. The predicted molar refractivity (Wildman–Crippen MR) is 84.6 cm³/mol. The van der Waals surface area contributed by atoms with Crippen LogP contribution in [-0.2, 0) is 8.85 Å². The van der Waals surface area contributed by atoms with Crippen LogP contribution in [0.2, 0.25) is 30.7 Å². The Morgan fingerprint density at radius 2 is 1.39 bits per heavy atom. The molecule has 18 heavy (non-hydrogen) atoms. The zero-order valence-electron chi connectivity index (χ0n) is 13.4. The SMILES string of the molecule is CCO[Si](C)(CC)OC(C)(N)[Si](CC)(CC)CC. The molecule has 2 atom stereocenters. The maximum Gasteiger partial charge on any atom is 0.335 e. The molecular formula is C13H33NO2Si2. The van der Waals surface area contributed by atoms with Crippen LogP contribution in [0.25, 0.3) is 0 Å². The highest BCUT2D eigenvalue weighted by atomic mass is 28.4. The van der Waals surface area contributed by atoms with Gasteiger partial charge in [0.25, 0.3) is 0 Å². The Balaban J connectivity index is 5.11. The van der Waals surface area contributed by atoms with Crippen LogP contribution in [0.1, 0.15) is 41.5 Å². The van der Waals surface area contributed by atoms with Gasteiger partial charge in [-0.2, -0.15) is 0 Å². The first-order chi connectivity index (χ1) is 8.26. The van der Waals surface area contributed by atoms with Crippen molar-refractivity contribution in [2.45, 2.75) is 77.6 Å².